The highest BCUT2D eigenvalue weighted by Gasteiger charge is 2.33. The number of carbonyl (C=O) groups excluding carboxylic acids is 1. The predicted octanol–water partition coefficient (Wildman–Crippen LogP) is 5.67. The Morgan fingerprint density at radius 1 is 1.14 bits per heavy atom. The molecule has 2 aromatic carbocycles. The molecule has 146 valence electrons. The van der Waals surface area contributed by atoms with Gasteiger partial charge in [-0.05, 0) is 56.2 Å². The van der Waals surface area contributed by atoms with Crippen LogP contribution in [0.2, 0.25) is 0 Å². The standard InChI is InChI=1S/C22H23NO3S2/c1-4-15(3)26-18-12-11-16(13-19(18)25-5-2)14-20-21(24)23(22(27)28-20)17-9-7-6-8-10-17/h6-15H,4-5H2,1-3H3/b20-14+/t15-/m0/s1. The second-order valence-corrected chi connectivity index (χ2v) is 8.00. The molecule has 0 bridgehead atoms. The monoisotopic (exact) mass is 413 g/mol. The number of thiocarbonyl (C=S) groups is 1. The third kappa shape index (κ3) is 4.56. The van der Waals surface area contributed by atoms with Gasteiger partial charge < -0.3 is 9.47 Å². The molecule has 6 heteroatoms. The van der Waals surface area contributed by atoms with Gasteiger partial charge in [-0.2, -0.15) is 0 Å². The first kappa shape index (κ1) is 20.4. The highest BCUT2D eigenvalue weighted by atomic mass is 32.2. The van der Waals surface area contributed by atoms with E-state index in [-0.39, 0.29) is 12.0 Å². The molecule has 1 aliphatic rings. The lowest BCUT2D eigenvalue weighted by atomic mass is 10.1. The van der Waals surface area contributed by atoms with E-state index >= 15 is 0 Å². The van der Waals surface area contributed by atoms with Crippen molar-refractivity contribution in [1.29, 1.82) is 0 Å². The fourth-order valence-corrected chi connectivity index (χ4v) is 4.00. The lowest BCUT2D eigenvalue weighted by molar-refractivity contribution is -0.113. The molecule has 0 spiro atoms. The normalized spacial score (nSPS) is 16.5. The molecule has 0 radical (unpaired) electrons. The lowest BCUT2D eigenvalue weighted by Crippen LogP contribution is -2.27. The van der Waals surface area contributed by atoms with Crippen molar-refractivity contribution in [3.8, 4) is 11.5 Å². The molecular formula is C22H23NO3S2. The fraction of sp³-hybridized carbons (Fsp3) is 0.273. The zero-order valence-corrected chi connectivity index (χ0v) is 17.8. The van der Waals surface area contributed by atoms with Crippen molar-refractivity contribution in [2.45, 2.75) is 33.3 Å². The summed E-state index contributed by atoms with van der Waals surface area (Å²) < 4.78 is 12.2. The maximum atomic E-state index is 12.9. The summed E-state index contributed by atoms with van der Waals surface area (Å²) in [5.41, 5.74) is 1.65. The molecule has 1 amide bonds. The van der Waals surface area contributed by atoms with Gasteiger partial charge in [-0.3, -0.25) is 9.69 Å². The Kier molecular flexibility index (Phi) is 6.75. The van der Waals surface area contributed by atoms with Crippen molar-refractivity contribution >= 4 is 46.0 Å². The van der Waals surface area contributed by atoms with Crippen LogP contribution in [-0.2, 0) is 4.79 Å². The molecule has 1 saturated heterocycles. The quantitative estimate of drug-likeness (QED) is 0.432. The van der Waals surface area contributed by atoms with Crippen LogP contribution >= 0.6 is 24.0 Å². The van der Waals surface area contributed by atoms with Gasteiger partial charge in [0.1, 0.15) is 0 Å². The van der Waals surface area contributed by atoms with Gasteiger partial charge in [-0.1, -0.05) is 55.2 Å². The number of thioether (sulfide) groups is 1. The summed E-state index contributed by atoms with van der Waals surface area (Å²) in [7, 11) is 0. The van der Waals surface area contributed by atoms with Crippen molar-refractivity contribution in [3.05, 3.63) is 59.0 Å². The number of carbonyl (C=O) groups is 1. The number of amides is 1. The summed E-state index contributed by atoms with van der Waals surface area (Å²) in [4.78, 5) is 15.0. The van der Waals surface area contributed by atoms with E-state index in [1.54, 1.807) is 4.90 Å². The molecule has 28 heavy (non-hydrogen) atoms. The van der Waals surface area contributed by atoms with E-state index in [1.165, 1.54) is 11.8 Å². The smallest absolute Gasteiger partial charge is 0.270 e. The van der Waals surface area contributed by atoms with Crippen molar-refractivity contribution < 1.29 is 14.3 Å². The van der Waals surface area contributed by atoms with Crippen LogP contribution in [0.1, 0.15) is 32.8 Å². The minimum Gasteiger partial charge on any atom is -0.490 e. The third-order valence-corrected chi connectivity index (χ3v) is 5.58. The Bertz CT molecular complexity index is 896. The number of benzene rings is 2. The number of rotatable bonds is 7. The molecule has 0 N–H and O–H groups in total. The molecule has 0 saturated carbocycles. The van der Waals surface area contributed by atoms with Gasteiger partial charge in [0.15, 0.2) is 15.8 Å². The van der Waals surface area contributed by atoms with E-state index in [2.05, 4.69) is 6.92 Å². The van der Waals surface area contributed by atoms with Crippen LogP contribution in [0.5, 0.6) is 11.5 Å². The predicted molar refractivity (Wildman–Crippen MR) is 120 cm³/mol. The summed E-state index contributed by atoms with van der Waals surface area (Å²) >= 11 is 6.73. The highest BCUT2D eigenvalue weighted by Crippen LogP contribution is 2.37. The van der Waals surface area contributed by atoms with Crippen LogP contribution in [0.25, 0.3) is 6.08 Å². The first-order chi connectivity index (χ1) is 13.5. The summed E-state index contributed by atoms with van der Waals surface area (Å²) in [6.07, 6.45) is 2.86. The van der Waals surface area contributed by atoms with E-state index < -0.39 is 0 Å². The van der Waals surface area contributed by atoms with Gasteiger partial charge in [0.25, 0.3) is 5.91 Å². The zero-order valence-electron chi connectivity index (χ0n) is 16.2. The third-order valence-electron chi connectivity index (χ3n) is 4.28. The van der Waals surface area contributed by atoms with Gasteiger partial charge in [-0.25, -0.2) is 0 Å². The molecule has 3 rings (SSSR count). The molecule has 1 heterocycles. The molecule has 1 atom stereocenters. The van der Waals surface area contributed by atoms with E-state index in [4.69, 9.17) is 21.7 Å². The number of ether oxygens (including phenoxy) is 2. The molecule has 4 nitrogen and oxygen atoms in total. The molecule has 0 aromatic heterocycles. The van der Waals surface area contributed by atoms with Gasteiger partial charge in [0.2, 0.25) is 0 Å². The molecule has 0 aliphatic carbocycles. The van der Waals surface area contributed by atoms with Crippen LogP contribution in [-0.4, -0.2) is 22.9 Å². The Balaban J connectivity index is 1.87. The Hall–Kier alpha value is -2.31. The Labute approximate surface area is 175 Å². The zero-order chi connectivity index (χ0) is 20.1. The van der Waals surface area contributed by atoms with E-state index in [0.717, 1.165) is 17.7 Å². The summed E-state index contributed by atoms with van der Waals surface area (Å²) in [5.74, 6) is 1.28. The van der Waals surface area contributed by atoms with Crippen LogP contribution < -0.4 is 14.4 Å². The van der Waals surface area contributed by atoms with Crippen LogP contribution in [0.3, 0.4) is 0 Å². The summed E-state index contributed by atoms with van der Waals surface area (Å²) in [6, 6.07) is 15.2. The molecule has 0 unspecified atom stereocenters. The number of nitrogens with zero attached hydrogens (tertiary/aromatic N) is 1. The molecule has 1 fully saturated rings. The van der Waals surface area contributed by atoms with Gasteiger partial charge in [0.05, 0.1) is 23.3 Å². The second kappa shape index (κ2) is 9.26. The van der Waals surface area contributed by atoms with Crippen molar-refractivity contribution in [2.75, 3.05) is 11.5 Å². The number of hydrogen-bond donors (Lipinski definition) is 0. The van der Waals surface area contributed by atoms with E-state index in [1.807, 2.05) is 68.5 Å². The maximum Gasteiger partial charge on any atom is 0.270 e. The number of anilines is 1. The van der Waals surface area contributed by atoms with Gasteiger partial charge >= 0.3 is 0 Å². The minimum absolute atomic E-state index is 0.104. The van der Waals surface area contributed by atoms with Crippen molar-refractivity contribution in [1.82, 2.24) is 0 Å². The van der Waals surface area contributed by atoms with Crippen LogP contribution in [0.15, 0.2) is 53.4 Å². The van der Waals surface area contributed by atoms with Crippen LogP contribution in [0, 0.1) is 0 Å². The second-order valence-electron chi connectivity index (χ2n) is 6.33. The van der Waals surface area contributed by atoms with E-state index in [0.29, 0.717) is 27.3 Å². The molecule has 1 aliphatic heterocycles. The highest BCUT2D eigenvalue weighted by molar-refractivity contribution is 8.27. The Morgan fingerprint density at radius 3 is 2.57 bits per heavy atom. The average molecular weight is 414 g/mol. The molecule has 2 aromatic rings. The SMILES string of the molecule is CCOc1cc(/C=C2/SC(=S)N(c3ccccc3)C2=O)ccc1O[C@@H](C)CC. The summed E-state index contributed by atoms with van der Waals surface area (Å²) in [5, 5.41) is 0. The number of hydrogen-bond acceptors (Lipinski definition) is 5. The topological polar surface area (TPSA) is 38.8 Å². The molecular weight excluding hydrogens is 390 g/mol. The van der Waals surface area contributed by atoms with Crippen molar-refractivity contribution in [2.24, 2.45) is 0 Å². The maximum absolute atomic E-state index is 12.9. The first-order valence-electron chi connectivity index (χ1n) is 9.30. The number of para-hydroxylation sites is 1. The minimum atomic E-state index is -0.112. The van der Waals surface area contributed by atoms with Crippen molar-refractivity contribution in [3.63, 3.8) is 0 Å². The average Bonchev–Trinajstić information content (AvgIpc) is 2.97. The fourth-order valence-electron chi connectivity index (χ4n) is 2.70. The first-order valence-corrected chi connectivity index (χ1v) is 10.5. The summed E-state index contributed by atoms with van der Waals surface area (Å²) in [6.45, 7) is 6.58. The van der Waals surface area contributed by atoms with Gasteiger partial charge in [-0.15, -0.1) is 0 Å². The largest absolute Gasteiger partial charge is 0.490 e. The van der Waals surface area contributed by atoms with E-state index in [9.17, 15) is 4.79 Å². The Morgan fingerprint density at radius 2 is 1.89 bits per heavy atom. The van der Waals surface area contributed by atoms with Gasteiger partial charge in [0, 0.05) is 0 Å². The van der Waals surface area contributed by atoms with Crippen LogP contribution in [0.4, 0.5) is 5.69 Å². The lowest BCUT2D eigenvalue weighted by Gasteiger charge is -2.16.